The fraction of sp³-hybridized carbons (Fsp3) is 0.211. The number of carbonyl (C=O) groups excluding carboxylic acids is 3. The van der Waals surface area contributed by atoms with Crippen LogP contribution in [0.5, 0.6) is 0 Å². The van der Waals surface area contributed by atoms with Gasteiger partial charge in [0.25, 0.3) is 0 Å². The van der Waals surface area contributed by atoms with Crippen LogP contribution >= 0.6 is 0 Å². The van der Waals surface area contributed by atoms with E-state index in [2.05, 4.69) is 20.1 Å². The summed E-state index contributed by atoms with van der Waals surface area (Å²) in [6, 6.07) is 8.24. The molecule has 0 saturated carbocycles. The number of rotatable bonds is 6. The highest BCUT2D eigenvalue weighted by molar-refractivity contribution is 6.04. The van der Waals surface area contributed by atoms with Crippen LogP contribution in [-0.4, -0.2) is 38.6 Å². The van der Waals surface area contributed by atoms with Crippen molar-refractivity contribution in [2.24, 2.45) is 0 Å². The van der Waals surface area contributed by atoms with Crippen molar-refractivity contribution in [1.29, 1.82) is 0 Å². The third kappa shape index (κ3) is 5.04. The van der Waals surface area contributed by atoms with E-state index in [0.29, 0.717) is 11.3 Å². The van der Waals surface area contributed by atoms with Gasteiger partial charge >= 0.3 is 11.9 Å². The highest BCUT2D eigenvalue weighted by Crippen LogP contribution is 2.20. The summed E-state index contributed by atoms with van der Waals surface area (Å²) in [6.07, 6.45) is 0. The Morgan fingerprint density at radius 2 is 1.67 bits per heavy atom. The molecule has 0 saturated heterocycles. The van der Waals surface area contributed by atoms with E-state index in [1.165, 1.54) is 50.6 Å². The first kappa shape index (κ1) is 19.9. The summed E-state index contributed by atoms with van der Waals surface area (Å²) < 4.78 is 22.5. The first-order chi connectivity index (χ1) is 12.8. The van der Waals surface area contributed by atoms with Crippen molar-refractivity contribution >= 4 is 29.2 Å². The summed E-state index contributed by atoms with van der Waals surface area (Å²) >= 11 is 0. The van der Waals surface area contributed by atoms with Gasteiger partial charge in [0, 0.05) is 5.69 Å². The maximum absolute atomic E-state index is 13.1. The second-order valence-electron chi connectivity index (χ2n) is 5.60. The lowest BCUT2D eigenvalue weighted by Gasteiger charge is -2.13. The van der Waals surface area contributed by atoms with Gasteiger partial charge in [-0.05, 0) is 48.9 Å². The number of esters is 2. The van der Waals surface area contributed by atoms with Gasteiger partial charge in [-0.3, -0.25) is 4.79 Å². The number of halogens is 1. The number of ether oxygens (including phenoxy) is 2. The Kier molecular flexibility index (Phi) is 6.48. The minimum atomic E-state index is -0.663. The molecule has 2 N–H and O–H groups in total. The number of nitrogens with one attached hydrogen (secondary N) is 2. The van der Waals surface area contributed by atoms with Crippen molar-refractivity contribution in [2.75, 3.05) is 31.4 Å². The monoisotopic (exact) mass is 374 g/mol. The third-order valence-corrected chi connectivity index (χ3v) is 3.75. The Balaban J connectivity index is 2.16. The lowest BCUT2D eigenvalue weighted by Crippen LogP contribution is -2.23. The maximum Gasteiger partial charge on any atom is 0.339 e. The maximum atomic E-state index is 13.1. The van der Waals surface area contributed by atoms with Gasteiger partial charge in [0.05, 0.1) is 37.6 Å². The normalized spacial score (nSPS) is 10.1. The number of hydrogen-bond acceptors (Lipinski definition) is 6. The average Bonchev–Trinajstić information content (AvgIpc) is 2.66. The molecule has 0 heterocycles. The number of methoxy groups -OCH3 is 2. The Labute approximate surface area is 155 Å². The molecule has 0 fully saturated rings. The standard InChI is InChI=1S/C19H19FN2O5/c1-11-8-13(20)5-7-15(11)21-10-17(23)22-16-9-12(18(24)26-2)4-6-14(16)19(25)27-3/h4-9,21H,10H2,1-3H3,(H,22,23). The van der Waals surface area contributed by atoms with E-state index in [9.17, 15) is 18.8 Å². The second-order valence-corrected chi connectivity index (χ2v) is 5.60. The Morgan fingerprint density at radius 1 is 0.963 bits per heavy atom. The molecule has 0 aliphatic rings. The molecule has 7 nitrogen and oxygen atoms in total. The van der Waals surface area contributed by atoms with Crippen molar-refractivity contribution in [3.8, 4) is 0 Å². The van der Waals surface area contributed by atoms with Crippen LogP contribution in [0.15, 0.2) is 36.4 Å². The zero-order valence-electron chi connectivity index (χ0n) is 15.1. The largest absolute Gasteiger partial charge is 0.465 e. The summed E-state index contributed by atoms with van der Waals surface area (Å²) in [4.78, 5) is 35.8. The van der Waals surface area contributed by atoms with E-state index in [1.54, 1.807) is 6.92 Å². The minimum absolute atomic E-state index is 0.0939. The van der Waals surface area contributed by atoms with Crippen LogP contribution in [0, 0.1) is 12.7 Å². The average molecular weight is 374 g/mol. The molecule has 0 spiro atoms. The van der Waals surface area contributed by atoms with Gasteiger partial charge in [0.2, 0.25) is 5.91 Å². The fourth-order valence-corrected chi connectivity index (χ4v) is 2.38. The van der Waals surface area contributed by atoms with Crippen molar-refractivity contribution in [3.05, 3.63) is 58.9 Å². The van der Waals surface area contributed by atoms with Gasteiger partial charge in [-0.2, -0.15) is 0 Å². The lowest BCUT2D eigenvalue weighted by atomic mass is 10.1. The quantitative estimate of drug-likeness (QED) is 0.755. The van der Waals surface area contributed by atoms with Crippen LogP contribution in [0.1, 0.15) is 26.3 Å². The van der Waals surface area contributed by atoms with Gasteiger partial charge in [-0.25, -0.2) is 14.0 Å². The van der Waals surface area contributed by atoms with E-state index in [1.807, 2.05) is 0 Å². The van der Waals surface area contributed by atoms with Crippen LogP contribution in [0.3, 0.4) is 0 Å². The highest BCUT2D eigenvalue weighted by Gasteiger charge is 2.17. The van der Waals surface area contributed by atoms with E-state index in [0.717, 1.165) is 0 Å². The predicted octanol–water partition coefficient (Wildman–Crippen LogP) is 2.76. The van der Waals surface area contributed by atoms with Gasteiger partial charge in [0.1, 0.15) is 5.82 Å². The number of anilines is 2. The number of aryl methyl sites for hydroxylation is 1. The molecule has 142 valence electrons. The van der Waals surface area contributed by atoms with Gasteiger partial charge < -0.3 is 20.1 Å². The highest BCUT2D eigenvalue weighted by atomic mass is 19.1. The molecule has 0 bridgehead atoms. The van der Waals surface area contributed by atoms with Crippen LogP contribution in [-0.2, 0) is 14.3 Å². The smallest absolute Gasteiger partial charge is 0.339 e. The SMILES string of the molecule is COC(=O)c1ccc(C(=O)OC)c(NC(=O)CNc2ccc(F)cc2C)c1. The predicted molar refractivity (Wildman–Crippen MR) is 97.4 cm³/mol. The van der Waals surface area contributed by atoms with Gasteiger partial charge in [0.15, 0.2) is 0 Å². The molecule has 0 aliphatic carbocycles. The Hall–Kier alpha value is -3.42. The topological polar surface area (TPSA) is 93.7 Å². The van der Waals surface area contributed by atoms with E-state index in [4.69, 9.17) is 0 Å². The molecular formula is C19H19FN2O5. The first-order valence-electron chi connectivity index (χ1n) is 7.96. The van der Waals surface area contributed by atoms with Crippen LogP contribution < -0.4 is 10.6 Å². The molecule has 0 aromatic heterocycles. The zero-order chi connectivity index (χ0) is 20.0. The summed E-state index contributed by atoms with van der Waals surface area (Å²) in [5.41, 5.74) is 1.63. The van der Waals surface area contributed by atoms with Crippen LogP contribution in [0.2, 0.25) is 0 Å². The van der Waals surface area contributed by atoms with Crippen molar-refractivity contribution in [2.45, 2.75) is 6.92 Å². The molecule has 2 rings (SSSR count). The Bertz CT molecular complexity index is 882. The third-order valence-electron chi connectivity index (χ3n) is 3.75. The summed E-state index contributed by atoms with van der Waals surface area (Å²) in [5, 5.41) is 5.45. The van der Waals surface area contributed by atoms with Gasteiger partial charge in [-0.1, -0.05) is 0 Å². The van der Waals surface area contributed by atoms with Gasteiger partial charge in [-0.15, -0.1) is 0 Å². The Morgan fingerprint density at radius 3 is 2.30 bits per heavy atom. The summed E-state index contributed by atoms with van der Waals surface area (Å²) in [6.45, 7) is 1.58. The zero-order valence-corrected chi connectivity index (χ0v) is 15.1. The molecule has 0 aliphatic heterocycles. The molecular weight excluding hydrogens is 355 g/mol. The number of benzene rings is 2. The number of amides is 1. The van der Waals surface area contributed by atoms with Crippen molar-refractivity contribution in [3.63, 3.8) is 0 Å². The van der Waals surface area contributed by atoms with Crippen LogP contribution in [0.4, 0.5) is 15.8 Å². The molecule has 8 heteroatoms. The number of hydrogen-bond donors (Lipinski definition) is 2. The molecule has 1 amide bonds. The molecule has 0 atom stereocenters. The van der Waals surface area contributed by atoms with E-state index < -0.39 is 17.8 Å². The second kappa shape index (κ2) is 8.79. The summed E-state index contributed by atoms with van der Waals surface area (Å²) in [5.74, 6) is -2.11. The molecule has 2 aromatic rings. The van der Waals surface area contributed by atoms with Crippen LogP contribution in [0.25, 0.3) is 0 Å². The van der Waals surface area contributed by atoms with Crippen molar-refractivity contribution < 1.29 is 28.2 Å². The molecule has 27 heavy (non-hydrogen) atoms. The molecule has 2 aromatic carbocycles. The van der Waals surface area contributed by atoms with Crippen molar-refractivity contribution in [1.82, 2.24) is 0 Å². The molecule has 0 unspecified atom stereocenters. The van der Waals surface area contributed by atoms with E-state index in [-0.39, 0.29) is 29.2 Å². The molecule has 0 radical (unpaired) electrons. The number of carbonyl (C=O) groups is 3. The van der Waals surface area contributed by atoms with E-state index >= 15 is 0 Å². The minimum Gasteiger partial charge on any atom is -0.465 e. The summed E-state index contributed by atoms with van der Waals surface area (Å²) in [7, 11) is 2.44. The first-order valence-corrected chi connectivity index (χ1v) is 7.96. The fourth-order valence-electron chi connectivity index (χ4n) is 2.38. The lowest BCUT2D eigenvalue weighted by molar-refractivity contribution is -0.114.